The van der Waals surface area contributed by atoms with Gasteiger partial charge in [0.05, 0.1) is 6.07 Å². The molecular weight excluding hydrogens is 164 g/mol. The molecule has 2 nitrogen and oxygen atoms in total. The van der Waals surface area contributed by atoms with Crippen LogP contribution in [0.2, 0.25) is 0 Å². The fourth-order valence-corrected chi connectivity index (χ4v) is 2.38. The Morgan fingerprint density at radius 2 is 2.60 bits per heavy atom. The fraction of sp³-hybridized carbons (Fsp3) is 0.667. The van der Waals surface area contributed by atoms with Gasteiger partial charge in [0.25, 0.3) is 0 Å². The van der Waals surface area contributed by atoms with Gasteiger partial charge in [-0.2, -0.15) is 5.26 Å². The molecule has 1 fully saturated rings. The molecule has 0 spiro atoms. The Morgan fingerprint density at radius 3 is 3.10 bits per heavy atom. The summed E-state index contributed by atoms with van der Waals surface area (Å²) in [6.07, 6.45) is 0.890. The largest absolute Gasteiger partial charge is 0.355 e. The number of thioether (sulfide) groups is 1. The number of nitrogens with zero attached hydrogens (tertiary/aromatic N) is 1. The molecule has 4 heteroatoms. The van der Waals surface area contributed by atoms with E-state index in [0.717, 1.165) is 10.7 Å². The maximum atomic E-state index is 8.55. The Morgan fingerprint density at radius 1 is 1.90 bits per heavy atom. The van der Waals surface area contributed by atoms with Crippen LogP contribution in [0.3, 0.4) is 0 Å². The molecule has 0 unspecified atom stereocenters. The number of thiocarbonyl (C=S) groups is 1. The number of nitrogens with one attached hydrogen (secondary N) is 1. The minimum Gasteiger partial charge on any atom is -0.355 e. The summed E-state index contributed by atoms with van der Waals surface area (Å²) in [6, 6.07) is 2.09. The predicted molar refractivity (Wildman–Crippen MR) is 46.8 cm³/mol. The lowest BCUT2D eigenvalue weighted by atomic mass is 10.2. The topological polar surface area (TPSA) is 35.8 Å². The molecule has 1 heterocycles. The van der Waals surface area contributed by atoms with Gasteiger partial charge in [0, 0.05) is 5.25 Å². The summed E-state index contributed by atoms with van der Waals surface area (Å²) in [6.45, 7) is 2.09. The zero-order valence-corrected chi connectivity index (χ0v) is 7.26. The number of nitriles is 1. The van der Waals surface area contributed by atoms with Crippen LogP contribution < -0.4 is 5.32 Å². The van der Waals surface area contributed by atoms with Gasteiger partial charge in [-0.3, -0.25) is 0 Å². The van der Waals surface area contributed by atoms with Crippen molar-refractivity contribution in [2.45, 2.75) is 24.6 Å². The number of hydrogen-bond acceptors (Lipinski definition) is 3. The molecule has 0 aromatic carbocycles. The second kappa shape index (κ2) is 3.22. The first-order valence-electron chi connectivity index (χ1n) is 3.09. The summed E-state index contributed by atoms with van der Waals surface area (Å²) in [4.78, 5) is 0. The standard InChI is InChI=1S/C6H8N2S2/c1-4-2-5(3-7)8-6(9)10-4/h4-5H,2H2,1H3,(H,8,9)/t4-,5-/m1/s1. The van der Waals surface area contributed by atoms with Crippen LogP contribution in [0, 0.1) is 11.3 Å². The molecule has 0 saturated carbocycles. The second-order valence-electron chi connectivity index (χ2n) is 2.28. The molecule has 54 valence electrons. The molecule has 1 aliphatic rings. The number of rotatable bonds is 0. The van der Waals surface area contributed by atoms with Crippen LogP contribution in [-0.4, -0.2) is 15.6 Å². The molecule has 0 bridgehead atoms. The third-order valence-electron chi connectivity index (χ3n) is 1.32. The van der Waals surface area contributed by atoms with Gasteiger partial charge in [-0.25, -0.2) is 0 Å². The van der Waals surface area contributed by atoms with Crippen molar-refractivity contribution < 1.29 is 0 Å². The minimum atomic E-state index is -0.0660. The molecular formula is C6H8N2S2. The van der Waals surface area contributed by atoms with Crippen LogP contribution in [-0.2, 0) is 0 Å². The highest BCUT2D eigenvalue weighted by atomic mass is 32.2. The van der Waals surface area contributed by atoms with Gasteiger partial charge in [0.2, 0.25) is 0 Å². The van der Waals surface area contributed by atoms with E-state index in [9.17, 15) is 0 Å². The smallest absolute Gasteiger partial charge is 0.135 e. The average molecular weight is 172 g/mol. The van der Waals surface area contributed by atoms with Gasteiger partial charge in [0.1, 0.15) is 10.4 Å². The summed E-state index contributed by atoms with van der Waals surface area (Å²) < 4.78 is 0.755. The minimum absolute atomic E-state index is 0.0660. The summed E-state index contributed by atoms with van der Waals surface area (Å²) >= 11 is 6.56. The van der Waals surface area contributed by atoms with Gasteiger partial charge in [0.15, 0.2) is 0 Å². The molecule has 2 atom stereocenters. The first-order valence-corrected chi connectivity index (χ1v) is 4.38. The predicted octanol–water partition coefficient (Wildman–Crippen LogP) is 1.28. The van der Waals surface area contributed by atoms with E-state index in [-0.39, 0.29) is 6.04 Å². The van der Waals surface area contributed by atoms with E-state index in [1.165, 1.54) is 0 Å². The van der Waals surface area contributed by atoms with Crippen molar-refractivity contribution in [3.05, 3.63) is 0 Å². The van der Waals surface area contributed by atoms with Crippen molar-refractivity contribution in [1.29, 1.82) is 5.26 Å². The highest BCUT2D eigenvalue weighted by molar-refractivity contribution is 8.23. The molecule has 0 aromatic rings. The van der Waals surface area contributed by atoms with Gasteiger partial charge in [-0.15, -0.1) is 0 Å². The summed E-state index contributed by atoms with van der Waals surface area (Å²) in [5.74, 6) is 0. The highest BCUT2D eigenvalue weighted by Gasteiger charge is 2.20. The van der Waals surface area contributed by atoms with Gasteiger partial charge in [-0.05, 0) is 6.42 Å². The van der Waals surface area contributed by atoms with E-state index in [1.54, 1.807) is 11.8 Å². The van der Waals surface area contributed by atoms with Crippen LogP contribution in [0.1, 0.15) is 13.3 Å². The first kappa shape index (κ1) is 7.83. The summed E-state index contributed by atoms with van der Waals surface area (Å²) in [5.41, 5.74) is 0. The molecule has 1 saturated heterocycles. The van der Waals surface area contributed by atoms with Crippen molar-refractivity contribution in [1.82, 2.24) is 5.32 Å². The van der Waals surface area contributed by atoms with E-state index in [2.05, 4.69) is 18.3 Å². The van der Waals surface area contributed by atoms with Crippen molar-refractivity contribution in [2.75, 3.05) is 0 Å². The fourth-order valence-electron chi connectivity index (χ4n) is 0.883. The van der Waals surface area contributed by atoms with E-state index >= 15 is 0 Å². The Hall–Kier alpha value is -0.270. The lowest BCUT2D eigenvalue weighted by Gasteiger charge is -2.23. The first-order chi connectivity index (χ1) is 4.72. The maximum Gasteiger partial charge on any atom is 0.135 e. The Labute approximate surface area is 70.0 Å². The second-order valence-corrected chi connectivity index (χ2v) is 4.39. The van der Waals surface area contributed by atoms with E-state index < -0.39 is 0 Å². The van der Waals surface area contributed by atoms with Crippen LogP contribution >= 0.6 is 24.0 Å². The summed E-state index contributed by atoms with van der Waals surface area (Å²) in [5, 5.41) is 12.0. The zero-order chi connectivity index (χ0) is 7.56. The van der Waals surface area contributed by atoms with Gasteiger partial charge >= 0.3 is 0 Å². The Kier molecular flexibility index (Phi) is 2.52. The Balaban J connectivity index is 2.52. The lowest BCUT2D eigenvalue weighted by molar-refractivity contribution is 0.664. The van der Waals surface area contributed by atoms with E-state index in [4.69, 9.17) is 17.5 Å². The van der Waals surface area contributed by atoms with E-state index in [0.29, 0.717) is 5.25 Å². The van der Waals surface area contributed by atoms with Crippen LogP contribution in [0.25, 0.3) is 0 Å². The highest BCUT2D eigenvalue weighted by Crippen LogP contribution is 2.21. The van der Waals surface area contributed by atoms with Crippen LogP contribution in [0.15, 0.2) is 0 Å². The third-order valence-corrected chi connectivity index (χ3v) is 2.66. The molecule has 0 aromatic heterocycles. The quantitative estimate of drug-likeness (QED) is 0.558. The maximum absolute atomic E-state index is 8.55. The summed E-state index contributed by atoms with van der Waals surface area (Å²) in [7, 11) is 0. The van der Waals surface area contributed by atoms with Gasteiger partial charge in [-0.1, -0.05) is 30.9 Å². The Bertz CT molecular complexity index is 185. The number of hydrogen-bond donors (Lipinski definition) is 1. The normalized spacial score (nSPS) is 32.6. The molecule has 0 aliphatic carbocycles. The van der Waals surface area contributed by atoms with Crippen LogP contribution in [0.5, 0.6) is 0 Å². The SMILES string of the molecule is C[C@@H]1C[C@H](C#N)NC(=S)S1. The lowest BCUT2D eigenvalue weighted by Crippen LogP contribution is -2.38. The molecule has 0 amide bonds. The average Bonchev–Trinajstić information content (AvgIpc) is 1.85. The molecule has 1 N–H and O–H groups in total. The van der Waals surface area contributed by atoms with Gasteiger partial charge < -0.3 is 5.32 Å². The van der Waals surface area contributed by atoms with Crippen molar-refractivity contribution >= 4 is 28.3 Å². The molecule has 1 rings (SSSR count). The zero-order valence-electron chi connectivity index (χ0n) is 5.63. The monoisotopic (exact) mass is 172 g/mol. The third kappa shape index (κ3) is 1.86. The van der Waals surface area contributed by atoms with Crippen molar-refractivity contribution in [3.63, 3.8) is 0 Å². The molecule has 1 aliphatic heterocycles. The van der Waals surface area contributed by atoms with Crippen molar-refractivity contribution in [3.8, 4) is 6.07 Å². The molecule has 0 radical (unpaired) electrons. The van der Waals surface area contributed by atoms with E-state index in [1.807, 2.05) is 0 Å². The van der Waals surface area contributed by atoms with Crippen LogP contribution in [0.4, 0.5) is 0 Å². The van der Waals surface area contributed by atoms with Crippen molar-refractivity contribution in [2.24, 2.45) is 0 Å². The molecule has 10 heavy (non-hydrogen) atoms.